The highest BCUT2D eigenvalue weighted by atomic mass is 19.1. The van der Waals surface area contributed by atoms with E-state index in [1.165, 1.54) is 12.1 Å². The second kappa shape index (κ2) is 7.53. The van der Waals surface area contributed by atoms with E-state index in [4.69, 9.17) is 9.26 Å². The van der Waals surface area contributed by atoms with Crippen LogP contribution in [0.15, 0.2) is 28.8 Å². The Hall–Kier alpha value is -2.28. The zero-order chi connectivity index (χ0) is 16.9. The predicted octanol–water partition coefficient (Wildman–Crippen LogP) is 2.30. The van der Waals surface area contributed by atoms with Crippen molar-refractivity contribution >= 4 is 5.91 Å². The van der Waals surface area contributed by atoms with Gasteiger partial charge >= 0.3 is 0 Å². The Labute approximate surface area is 139 Å². The van der Waals surface area contributed by atoms with Gasteiger partial charge in [-0.05, 0) is 43.5 Å². The topological polar surface area (TPSA) is 68.5 Å². The summed E-state index contributed by atoms with van der Waals surface area (Å²) in [5.41, 5.74) is 0.690. The highest BCUT2D eigenvalue weighted by Crippen LogP contribution is 2.22. The molecule has 0 bridgehead atoms. The van der Waals surface area contributed by atoms with E-state index in [-0.39, 0.29) is 18.3 Å². The molecule has 1 atom stereocenters. The quantitative estimate of drug-likeness (QED) is 0.811. The molecule has 1 aliphatic rings. The summed E-state index contributed by atoms with van der Waals surface area (Å²) >= 11 is 0. The first-order chi connectivity index (χ1) is 11.7. The number of amides is 1. The molecule has 128 valence electrons. The number of halogens is 1. The molecule has 6 nitrogen and oxygen atoms in total. The first-order valence-corrected chi connectivity index (χ1v) is 8.09. The number of benzene rings is 1. The highest BCUT2D eigenvalue weighted by molar-refractivity contribution is 5.77. The molecular weight excluding hydrogens is 313 g/mol. The molecule has 0 aliphatic carbocycles. The van der Waals surface area contributed by atoms with Crippen LogP contribution in [-0.4, -0.2) is 47.3 Å². The number of ether oxygens (including phenoxy) is 1. The lowest BCUT2D eigenvalue weighted by molar-refractivity contribution is -0.135. The van der Waals surface area contributed by atoms with Crippen molar-refractivity contribution in [2.24, 2.45) is 5.92 Å². The minimum absolute atomic E-state index is 0.0273. The van der Waals surface area contributed by atoms with Crippen LogP contribution in [0.1, 0.15) is 19.2 Å². The van der Waals surface area contributed by atoms with Crippen LogP contribution in [0.2, 0.25) is 0 Å². The first kappa shape index (κ1) is 16.6. The van der Waals surface area contributed by atoms with Gasteiger partial charge in [-0.25, -0.2) is 4.39 Å². The Kier molecular flexibility index (Phi) is 5.20. The van der Waals surface area contributed by atoms with Gasteiger partial charge in [-0.2, -0.15) is 4.98 Å². The van der Waals surface area contributed by atoms with E-state index in [1.54, 1.807) is 12.1 Å². The summed E-state index contributed by atoms with van der Waals surface area (Å²) in [4.78, 5) is 18.1. The highest BCUT2D eigenvalue weighted by Gasteiger charge is 2.27. The maximum absolute atomic E-state index is 12.9. The Bertz CT molecular complexity index is 687. The minimum atomic E-state index is -0.304. The van der Waals surface area contributed by atoms with Gasteiger partial charge in [0.1, 0.15) is 12.4 Å². The third-order valence-corrected chi connectivity index (χ3v) is 4.10. The molecule has 7 heteroatoms. The van der Waals surface area contributed by atoms with Gasteiger partial charge in [-0.1, -0.05) is 5.16 Å². The molecule has 1 fully saturated rings. The maximum atomic E-state index is 12.9. The largest absolute Gasteiger partial charge is 0.372 e. The summed E-state index contributed by atoms with van der Waals surface area (Å²) in [5.74, 6) is 1.03. The minimum Gasteiger partial charge on any atom is -0.372 e. The van der Waals surface area contributed by atoms with Gasteiger partial charge in [0.15, 0.2) is 5.82 Å². The standard InChI is InChI=1S/C17H20FN3O3/c1-2-23-11-16(22)21-8-7-12(10-21)9-15-19-17(24-20-15)13-3-5-14(18)6-4-13/h3-6,12H,2,7-11H2,1H3. The van der Waals surface area contributed by atoms with Gasteiger partial charge in [-0.3, -0.25) is 4.79 Å². The number of rotatable bonds is 6. The van der Waals surface area contributed by atoms with Crippen molar-refractivity contribution < 1.29 is 18.4 Å². The Morgan fingerprint density at radius 1 is 1.42 bits per heavy atom. The maximum Gasteiger partial charge on any atom is 0.257 e. The molecule has 1 amide bonds. The number of nitrogens with zero attached hydrogens (tertiary/aromatic N) is 3. The van der Waals surface area contributed by atoms with E-state index in [9.17, 15) is 9.18 Å². The van der Waals surface area contributed by atoms with E-state index in [2.05, 4.69) is 10.1 Å². The molecule has 0 spiro atoms. The van der Waals surface area contributed by atoms with Crippen LogP contribution in [0.5, 0.6) is 0 Å². The van der Waals surface area contributed by atoms with Crippen molar-refractivity contribution in [3.8, 4) is 11.5 Å². The lowest BCUT2D eigenvalue weighted by Crippen LogP contribution is -2.32. The van der Waals surface area contributed by atoms with Crippen LogP contribution in [0.4, 0.5) is 4.39 Å². The van der Waals surface area contributed by atoms with Gasteiger partial charge in [-0.15, -0.1) is 0 Å². The van der Waals surface area contributed by atoms with Gasteiger partial charge in [0.25, 0.3) is 5.89 Å². The monoisotopic (exact) mass is 333 g/mol. The molecule has 0 N–H and O–H groups in total. The van der Waals surface area contributed by atoms with Crippen LogP contribution in [-0.2, 0) is 16.0 Å². The lowest BCUT2D eigenvalue weighted by Gasteiger charge is -2.15. The SMILES string of the molecule is CCOCC(=O)N1CCC(Cc2noc(-c3ccc(F)cc3)n2)C1. The van der Waals surface area contributed by atoms with E-state index < -0.39 is 0 Å². The summed E-state index contributed by atoms with van der Waals surface area (Å²) in [6.07, 6.45) is 1.57. The van der Waals surface area contributed by atoms with Crippen LogP contribution < -0.4 is 0 Å². The van der Waals surface area contributed by atoms with Crippen molar-refractivity contribution in [3.05, 3.63) is 35.9 Å². The molecule has 1 unspecified atom stereocenters. The molecule has 0 saturated carbocycles. The molecule has 2 heterocycles. The summed E-state index contributed by atoms with van der Waals surface area (Å²) in [6.45, 7) is 3.97. The van der Waals surface area contributed by atoms with Crippen LogP contribution in [0.3, 0.4) is 0 Å². The van der Waals surface area contributed by atoms with E-state index in [0.29, 0.717) is 42.8 Å². The smallest absolute Gasteiger partial charge is 0.257 e. The zero-order valence-electron chi connectivity index (χ0n) is 13.6. The van der Waals surface area contributed by atoms with Crippen LogP contribution in [0, 0.1) is 11.7 Å². The molecule has 2 aromatic rings. The number of hydrogen-bond donors (Lipinski definition) is 0. The third kappa shape index (κ3) is 3.97. The normalized spacial score (nSPS) is 17.4. The van der Waals surface area contributed by atoms with E-state index in [0.717, 1.165) is 13.0 Å². The molecule has 1 saturated heterocycles. The lowest BCUT2D eigenvalue weighted by atomic mass is 10.1. The van der Waals surface area contributed by atoms with Crippen molar-refractivity contribution in [2.75, 3.05) is 26.3 Å². The van der Waals surface area contributed by atoms with E-state index >= 15 is 0 Å². The fourth-order valence-electron chi connectivity index (χ4n) is 2.81. The van der Waals surface area contributed by atoms with Crippen molar-refractivity contribution in [1.82, 2.24) is 15.0 Å². The number of likely N-dealkylation sites (tertiary alicyclic amines) is 1. The average Bonchev–Trinajstić information content (AvgIpc) is 3.23. The van der Waals surface area contributed by atoms with Crippen molar-refractivity contribution in [1.29, 1.82) is 0 Å². The Morgan fingerprint density at radius 2 is 2.21 bits per heavy atom. The molecule has 1 aromatic carbocycles. The summed E-state index contributed by atoms with van der Waals surface area (Å²) in [5, 5.41) is 3.99. The molecule has 0 radical (unpaired) electrons. The number of carbonyl (C=O) groups excluding carboxylic acids is 1. The number of hydrogen-bond acceptors (Lipinski definition) is 5. The molecule has 1 aliphatic heterocycles. The summed E-state index contributed by atoms with van der Waals surface area (Å²) in [7, 11) is 0. The van der Waals surface area contributed by atoms with Crippen LogP contribution >= 0.6 is 0 Å². The Balaban J connectivity index is 1.56. The van der Waals surface area contributed by atoms with E-state index in [1.807, 2.05) is 11.8 Å². The van der Waals surface area contributed by atoms with Crippen molar-refractivity contribution in [3.63, 3.8) is 0 Å². The third-order valence-electron chi connectivity index (χ3n) is 4.10. The summed E-state index contributed by atoms with van der Waals surface area (Å²) < 4.78 is 23.4. The molecule has 3 rings (SSSR count). The van der Waals surface area contributed by atoms with Crippen molar-refractivity contribution in [2.45, 2.75) is 19.8 Å². The first-order valence-electron chi connectivity index (χ1n) is 8.09. The fourth-order valence-corrected chi connectivity index (χ4v) is 2.81. The van der Waals surface area contributed by atoms with Gasteiger partial charge in [0.2, 0.25) is 5.91 Å². The number of aromatic nitrogens is 2. The second-order valence-electron chi connectivity index (χ2n) is 5.86. The molecule has 1 aromatic heterocycles. The molecular formula is C17H20FN3O3. The van der Waals surface area contributed by atoms with Crippen LogP contribution in [0.25, 0.3) is 11.5 Å². The summed E-state index contributed by atoms with van der Waals surface area (Å²) in [6, 6.07) is 5.93. The fraction of sp³-hybridized carbons (Fsp3) is 0.471. The average molecular weight is 333 g/mol. The molecule has 24 heavy (non-hydrogen) atoms. The predicted molar refractivity (Wildman–Crippen MR) is 84.6 cm³/mol. The van der Waals surface area contributed by atoms with Gasteiger partial charge < -0.3 is 14.2 Å². The zero-order valence-corrected chi connectivity index (χ0v) is 13.6. The van der Waals surface area contributed by atoms with Gasteiger partial charge in [0.05, 0.1) is 0 Å². The Morgan fingerprint density at radius 3 is 2.96 bits per heavy atom. The van der Waals surface area contributed by atoms with Gasteiger partial charge in [0, 0.05) is 31.7 Å². The second-order valence-corrected chi connectivity index (χ2v) is 5.86. The number of carbonyl (C=O) groups is 1.